The molecule has 1 saturated carbocycles. The van der Waals surface area contributed by atoms with Crippen LogP contribution < -0.4 is 0 Å². The molecule has 2 N–H and O–H groups in total. The van der Waals surface area contributed by atoms with E-state index in [-0.39, 0.29) is 73.6 Å². The van der Waals surface area contributed by atoms with Gasteiger partial charge in [0.15, 0.2) is 5.78 Å². The van der Waals surface area contributed by atoms with Gasteiger partial charge in [0.05, 0.1) is 64.1 Å². The van der Waals surface area contributed by atoms with Crippen LogP contribution in [0.2, 0.25) is 0 Å². The van der Waals surface area contributed by atoms with Crippen molar-refractivity contribution in [3.8, 4) is 0 Å². The Kier molecular flexibility index (Phi) is 22.8. The molecule has 1 aliphatic carbocycles. The van der Waals surface area contributed by atoms with Crippen LogP contribution in [-0.2, 0) is 66.6 Å². The lowest BCUT2D eigenvalue weighted by molar-refractivity contribution is -0.266. The summed E-state index contributed by atoms with van der Waals surface area (Å²) in [6, 6.07) is -1.14. The van der Waals surface area contributed by atoms with Crippen LogP contribution in [0.5, 0.6) is 0 Å². The molecular formula is C57H87NO16. The first kappa shape index (κ1) is 59.7. The molecular weight excluding hydrogens is 955 g/mol. The second kappa shape index (κ2) is 28.2. The van der Waals surface area contributed by atoms with Gasteiger partial charge in [-0.05, 0) is 101 Å². The first-order valence-corrected chi connectivity index (χ1v) is 27.3. The van der Waals surface area contributed by atoms with Crippen molar-refractivity contribution in [2.45, 2.75) is 173 Å². The van der Waals surface area contributed by atoms with E-state index >= 15 is 0 Å². The highest BCUT2D eigenvalue weighted by Crippen LogP contribution is 2.45. The quantitative estimate of drug-likeness (QED) is 0.107. The van der Waals surface area contributed by atoms with Crippen molar-refractivity contribution in [3.63, 3.8) is 0 Å². The molecule has 17 atom stereocenters. The van der Waals surface area contributed by atoms with Crippen molar-refractivity contribution in [2.75, 3.05) is 67.5 Å². The second-order valence-electron chi connectivity index (χ2n) is 22.0. The number of esters is 1. The zero-order valence-corrected chi connectivity index (χ0v) is 45.5. The van der Waals surface area contributed by atoms with Gasteiger partial charge in [0.25, 0.3) is 11.7 Å². The van der Waals surface area contributed by atoms with Gasteiger partial charge >= 0.3 is 5.97 Å². The van der Waals surface area contributed by atoms with Gasteiger partial charge in [-0.25, -0.2) is 4.79 Å². The van der Waals surface area contributed by atoms with Crippen molar-refractivity contribution in [2.24, 2.45) is 41.4 Å². The van der Waals surface area contributed by atoms with E-state index < -0.39 is 83.7 Å². The number of hydrogen-bond acceptors (Lipinski definition) is 16. The monoisotopic (exact) mass is 1040 g/mol. The molecule has 4 saturated heterocycles. The van der Waals surface area contributed by atoms with E-state index in [0.29, 0.717) is 83.6 Å². The lowest BCUT2D eigenvalue weighted by atomic mass is 9.68. The van der Waals surface area contributed by atoms with Crippen molar-refractivity contribution < 1.29 is 76.8 Å². The van der Waals surface area contributed by atoms with Gasteiger partial charge in [0.1, 0.15) is 36.2 Å². The molecule has 6 rings (SSSR count). The highest BCUT2D eigenvalue weighted by Gasteiger charge is 2.57. The molecule has 17 heteroatoms. The number of amides is 1. The summed E-state index contributed by atoms with van der Waals surface area (Å²) in [6.45, 7) is 13.4. The fraction of sp³-hybridized carbons (Fsp3) is 0.772. The van der Waals surface area contributed by atoms with Crippen LogP contribution in [0.4, 0.5) is 0 Å². The van der Waals surface area contributed by atoms with Crippen LogP contribution in [0.15, 0.2) is 47.6 Å². The normalized spacial score (nSPS) is 41.2. The predicted octanol–water partition coefficient (Wildman–Crippen LogP) is 5.86. The Morgan fingerprint density at radius 3 is 2.34 bits per heavy atom. The van der Waals surface area contributed by atoms with E-state index in [1.54, 1.807) is 41.1 Å². The number of hydrogen-bond donors (Lipinski definition) is 2. The summed E-state index contributed by atoms with van der Waals surface area (Å²) in [4.78, 5) is 73.3. The Bertz CT molecular complexity index is 2010. The average molecular weight is 1040 g/mol. The van der Waals surface area contributed by atoms with Gasteiger partial charge in [-0.15, -0.1) is 0 Å². The Labute approximate surface area is 439 Å². The Morgan fingerprint density at radius 2 is 1.62 bits per heavy atom. The molecule has 5 heterocycles. The zero-order chi connectivity index (χ0) is 53.7. The number of Topliss-reactive ketones (excluding diaryl/α,β-unsaturated/α-hetero) is 3. The number of ether oxygens (including phenoxy) is 9. The highest BCUT2D eigenvalue weighted by molar-refractivity contribution is 6.39. The summed E-state index contributed by atoms with van der Waals surface area (Å²) in [6.07, 6.45) is 11.3. The largest absolute Gasteiger partial charge is 0.460 e. The molecule has 0 aromatic rings. The first-order valence-electron chi connectivity index (χ1n) is 27.3. The van der Waals surface area contributed by atoms with Gasteiger partial charge in [0, 0.05) is 64.4 Å². The minimum Gasteiger partial charge on any atom is -0.460 e. The number of fused-ring (bicyclic) bond motifs is 4. The molecule has 1 amide bonds. The predicted molar refractivity (Wildman–Crippen MR) is 273 cm³/mol. The number of ketones is 3. The molecule has 17 nitrogen and oxygen atoms in total. The van der Waals surface area contributed by atoms with E-state index in [4.69, 9.17) is 42.6 Å². The van der Waals surface area contributed by atoms with Crippen LogP contribution in [-0.4, -0.2) is 173 Å². The molecule has 6 aliphatic rings. The van der Waals surface area contributed by atoms with E-state index in [1.807, 2.05) is 51.2 Å². The molecule has 5 fully saturated rings. The summed E-state index contributed by atoms with van der Waals surface area (Å²) in [5, 5.41) is 23.9. The number of carbonyl (C=O) groups is 5. The van der Waals surface area contributed by atoms with Gasteiger partial charge in [-0.1, -0.05) is 64.2 Å². The van der Waals surface area contributed by atoms with Crippen LogP contribution in [0.3, 0.4) is 0 Å². The number of carbonyl (C=O) groups excluding carboxylic acids is 5. The Balaban J connectivity index is 1.33. The summed E-state index contributed by atoms with van der Waals surface area (Å²) in [5.41, 5.74) is 1.25. The van der Waals surface area contributed by atoms with Gasteiger partial charge < -0.3 is 57.7 Å². The summed E-state index contributed by atoms with van der Waals surface area (Å²) in [5.74, 6) is -8.53. The van der Waals surface area contributed by atoms with Crippen LogP contribution >= 0.6 is 0 Å². The fourth-order valence-electron chi connectivity index (χ4n) is 12.2. The molecule has 0 aromatic heterocycles. The summed E-state index contributed by atoms with van der Waals surface area (Å²) >= 11 is 0. The van der Waals surface area contributed by atoms with Gasteiger partial charge in [0.2, 0.25) is 5.79 Å². The molecule has 0 spiro atoms. The minimum absolute atomic E-state index is 0.00234. The number of allylic oxidation sites excluding steroid dienone is 6. The smallest absolute Gasteiger partial charge is 0.329 e. The standard InChI is InChI=1S/C57H87NO16/c1-34-14-11-10-12-15-35(2)47(72-33-42-32-69-23-25-70-42)30-41-19-17-39(6)57(65,74-41)54(62)55(63)58-21-13-16-43-44(28-40-18-20-46(49(29-40)67-8)71-24-22-66-7)48(73-56(64)50(43)58)31-45(59)36(3)27-38(5)52(61)53(68-9)51(60)37(4)26-34/h10-12,14-15,27,34,36-37,39-44,46-50,52-53,61,65H,13,16-26,28-33H2,1-9H3/b12-10+,14-11+,35-15+,38-27+/t34-,36-,37-,39-,40+,41+,42-,43-,44?,46-,47-,48+,49-,50?,52-,53+,57-/m1/s1. The number of aliphatic hydroxyl groups is 2. The third-order valence-electron chi connectivity index (χ3n) is 16.6. The molecule has 0 aromatic carbocycles. The summed E-state index contributed by atoms with van der Waals surface area (Å²) < 4.78 is 53.6. The van der Waals surface area contributed by atoms with Crippen molar-refractivity contribution in [3.05, 3.63) is 47.6 Å². The van der Waals surface area contributed by atoms with Crippen molar-refractivity contribution in [1.29, 1.82) is 0 Å². The van der Waals surface area contributed by atoms with Gasteiger partial charge in [-0.2, -0.15) is 0 Å². The van der Waals surface area contributed by atoms with Crippen LogP contribution in [0.25, 0.3) is 0 Å². The minimum atomic E-state index is -2.48. The third kappa shape index (κ3) is 15.2. The maximum absolute atomic E-state index is 14.7. The maximum atomic E-state index is 14.7. The second-order valence-corrected chi connectivity index (χ2v) is 22.0. The lowest BCUT2D eigenvalue weighted by Gasteiger charge is -2.50. The molecule has 2 unspecified atom stereocenters. The van der Waals surface area contributed by atoms with E-state index in [9.17, 15) is 34.2 Å². The SMILES string of the molecule is COCCO[C@@H]1CC[C@@H](CC2[C@H]3CCCN4C(=O)C(=O)[C@]5(O)O[C@@H](CC[C@H]5C)C[C@@H](OC[C@H]5COCCO5)/C(C)=C/C=C/C=C/[C@@H](C)C[C@@H](C)C(=O)[C@H](OC)[C@H](O)/C(C)=C/[C@@H](C)C(=O)C[C@@H]2OC(=O)C34)C[C@H]1OC. The number of nitrogens with zero attached hydrogens (tertiary/aromatic N) is 1. The maximum Gasteiger partial charge on any atom is 0.329 e. The Morgan fingerprint density at radius 1 is 0.838 bits per heavy atom. The zero-order valence-electron chi connectivity index (χ0n) is 45.5. The topological polar surface area (TPSA) is 212 Å². The number of piperidine rings is 1. The Hall–Kier alpha value is -3.49. The fourth-order valence-corrected chi connectivity index (χ4v) is 12.2. The molecule has 0 radical (unpaired) electrons. The molecule has 74 heavy (non-hydrogen) atoms. The lowest BCUT2D eigenvalue weighted by Crippen LogP contribution is -2.65. The average Bonchev–Trinajstić information content (AvgIpc) is 3.39. The summed E-state index contributed by atoms with van der Waals surface area (Å²) in [7, 11) is 4.68. The highest BCUT2D eigenvalue weighted by atomic mass is 16.6. The number of aliphatic hydroxyl groups excluding tert-OH is 1. The van der Waals surface area contributed by atoms with E-state index in [1.165, 1.54) is 12.0 Å². The van der Waals surface area contributed by atoms with E-state index in [2.05, 4.69) is 0 Å². The molecule has 5 aliphatic heterocycles. The van der Waals surface area contributed by atoms with Crippen LogP contribution in [0.1, 0.15) is 112 Å². The van der Waals surface area contributed by atoms with Gasteiger partial charge in [-0.3, -0.25) is 19.2 Å². The third-order valence-corrected chi connectivity index (χ3v) is 16.6. The van der Waals surface area contributed by atoms with Crippen LogP contribution in [0, 0.1) is 41.4 Å². The van der Waals surface area contributed by atoms with Crippen molar-refractivity contribution in [1.82, 2.24) is 4.90 Å². The first-order chi connectivity index (χ1) is 35.4. The molecule has 416 valence electrons. The number of methoxy groups -OCH3 is 3. The number of rotatable bonds is 11. The van der Waals surface area contributed by atoms with Crippen molar-refractivity contribution >= 4 is 29.2 Å². The molecule has 4 bridgehead atoms. The van der Waals surface area contributed by atoms with E-state index in [0.717, 1.165) is 18.4 Å².